The molecule has 3 N–H and O–H groups in total. The summed E-state index contributed by atoms with van der Waals surface area (Å²) in [6.07, 6.45) is 0. The van der Waals surface area contributed by atoms with E-state index in [-0.39, 0.29) is 18.2 Å². The fourth-order valence-electron chi connectivity index (χ4n) is 1.81. The third kappa shape index (κ3) is 4.81. The summed E-state index contributed by atoms with van der Waals surface area (Å²) in [7, 11) is 1.60. The minimum atomic E-state index is -0.112. The van der Waals surface area contributed by atoms with Crippen LogP contribution in [0.4, 0.5) is 5.69 Å². The number of hydrogen-bond acceptors (Lipinski definition) is 4. The Bertz CT molecular complexity index is 579. The largest absolute Gasteiger partial charge is 0.508 e. The smallest absolute Gasteiger partial charge is 0.238 e. The molecule has 0 radical (unpaired) electrons. The van der Waals surface area contributed by atoms with Crippen molar-refractivity contribution >= 4 is 11.6 Å². The van der Waals surface area contributed by atoms with E-state index in [9.17, 15) is 9.90 Å². The van der Waals surface area contributed by atoms with E-state index in [0.29, 0.717) is 6.54 Å². The molecule has 0 aliphatic rings. The molecule has 0 heterocycles. The fraction of sp³-hybridized carbons (Fsp3) is 0.188. The second-order valence-electron chi connectivity index (χ2n) is 4.55. The maximum absolute atomic E-state index is 11.8. The number of ether oxygens (including phenoxy) is 1. The number of phenols is 1. The van der Waals surface area contributed by atoms with E-state index >= 15 is 0 Å². The molecule has 0 atom stereocenters. The summed E-state index contributed by atoms with van der Waals surface area (Å²) in [5.41, 5.74) is 1.73. The first kappa shape index (κ1) is 14.9. The Morgan fingerprint density at radius 2 is 1.76 bits per heavy atom. The van der Waals surface area contributed by atoms with Crippen LogP contribution < -0.4 is 15.4 Å². The van der Waals surface area contributed by atoms with E-state index in [1.54, 1.807) is 43.5 Å². The highest BCUT2D eigenvalue weighted by Gasteiger charge is 2.02. The van der Waals surface area contributed by atoms with Gasteiger partial charge in [0.05, 0.1) is 13.7 Å². The minimum absolute atomic E-state index is 0.112. The van der Waals surface area contributed by atoms with Gasteiger partial charge < -0.3 is 20.5 Å². The average molecular weight is 286 g/mol. The zero-order valence-electron chi connectivity index (χ0n) is 11.8. The van der Waals surface area contributed by atoms with Gasteiger partial charge in [-0.3, -0.25) is 4.79 Å². The zero-order valence-corrected chi connectivity index (χ0v) is 11.8. The average Bonchev–Trinajstić information content (AvgIpc) is 2.50. The molecule has 0 saturated heterocycles. The van der Waals surface area contributed by atoms with Crippen LogP contribution in [0.15, 0.2) is 48.5 Å². The summed E-state index contributed by atoms with van der Waals surface area (Å²) in [5.74, 6) is 0.869. The van der Waals surface area contributed by atoms with Crippen LogP contribution >= 0.6 is 0 Å². The molecule has 110 valence electrons. The van der Waals surface area contributed by atoms with Crippen LogP contribution in [0.2, 0.25) is 0 Å². The number of anilines is 1. The van der Waals surface area contributed by atoms with E-state index in [1.165, 1.54) is 0 Å². The molecule has 2 aromatic rings. The molecule has 0 aliphatic carbocycles. The van der Waals surface area contributed by atoms with Gasteiger partial charge in [-0.25, -0.2) is 0 Å². The molecule has 0 aliphatic heterocycles. The number of phenolic OH excluding ortho intramolecular Hbond substituents is 1. The van der Waals surface area contributed by atoms with E-state index in [2.05, 4.69) is 10.6 Å². The maximum Gasteiger partial charge on any atom is 0.238 e. The number of amides is 1. The van der Waals surface area contributed by atoms with E-state index < -0.39 is 0 Å². The van der Waals surface area contributed by atoms with Crippen molar-refractivity contribution in [3.05, 3.63) is 54.1 Å². The lowest BCUT2D eigenvalue weighted by molar-refractivity contribution is -0.115. The first-order valence-corrected chi connectivity index (χ1v) is 6.60. The maximum atomic E-state index is 11.8. The lowest BCUT2D eigenvalue weighted by Gasteiger charge is -2.07. The number of nitrogens with one attached hydrogen (secondary N) is 2. The van der Waals surface area contributed by atoms with Crippen LogP contribution in [0.3, 0.4) is 0 Å². The third-order valence-corrected chi connectivity index (χ3v) is 2.92. The van der Waals surface area contributed by atoms with E-state index in [1.807, 2.05) is 12.1 Å². The Balaban J connectivity index is 1.75. The minimum Gasteiger partial charge on any atom is -0.508 e. The number of carbonyl (C=O) groups excluding carboxylic acids is 1. The first-order valence-electron chi connectivity index (χ1n) is 6.60. The van der Waals surface area contributed by atoms with Gasteiger partial charge in [-0.2, -0.15) is 0 Å². The fourth-order valence-corrected chi connectivity index (χ4v) is 1.81. The van der Waals surface area contributed by atoms with Crippen molar-refractivity contribution in [2.75, 3.05) is 19.0 Å². The summed E-state index contributed by atoms with van der Waals surface area (Å²) in [5, 5.41) is 15.0. The number of benzene rings is 2. The molecule has 5 nitrogen and oxygen atoms in total. The molecule has 0 unspecified atom stereocenters. The first-order chi connectivity index (χ1) is 10.2. The molecule has 5 heteroatoms. The highest BCUT2D eigenvalue weighted by Crippen LogP contribution is 2.14. The number of carbonyl (C=O) groups is 1. The number of hydrogen-bond donors (Lipinski definition) is 3. The molecule has 0 aromatic heterocycles. The van der Waals surface area contributed by atoms with Crippen molar-refractivity contribution in [2.24, 2.45) is 0 Å². The van der Waals surface area contributed by atoms with Gasteiger partial charge >= 0.3 is 0 Å². The molecule has 0 bridgehead atoms. The Morgan fingerprint density at radius 3 is 2.38 bits per heavy atom. The molecule has 2 aromatic carbocycles. The Labute approximate surface area is 123 Å². The van der Waals surface area contributed by atoms with Crippen LogP contribution in [-0.4, -0.2) is 24.7 Å². The van der Waals surface area contributed by atoms with Crippen LogP contribution in [0.1, 0.15) is 5.56 Å². The molecule has 21 heavy (non-hydrogen) atoms. The highest BCUT2D eigenvalue weighted by molar-refractivity contribution is 5.92. The van der Waals surface area contributed by atoms with Gasteiger partial charge in [-0.1, -0.05) is 12.1 Å². The third-order valence-electron chi connectivity index (χ3n) is 2.92. The molecule has 0 saturated carbocycles. The molecule has 0 spiro atoms. The SMILES string of the molecule is COc1ccc(NC(=O)CNCc2ccc(O)cc2)cc1. The van der Waals surface area contributed by atoms with Crippen molar-refractivity contribution in [2.45, 2.75) is 6.54 Å². The van der Waals surface area contributed by atoms with E-state index in [0.717, 1.165) is 17.0 Å². The van der Waals surface area contributed by atoms with Gasteiger partial charge in [0.1, 0.15) is 11.5 Å². The predicted octanol–water partition coefficient (Wildman–Crippen LogP) is 2.13. The summed E-state index contributed by atoms with van der Waals surface area (Å²) in [4.78, 5) is 11.8. The Morgan fingerprint density at radius 1 is 1.10 bits per heavy atom. The second-order valence-corrected chi connectivity index (χ2v) is 4.55. The van der Waals surface area contributed by atoms with Crippen molar-refractivity contribution in [3.8, 4) is 11.5 Å². The van der Waals surface area contributed by atoms with Gasteiger partial charge in [0, 0.05) is 12.2 Å². The summed E-state index contributed by atoms with van der Waals surface area (Å²) >= 11 is 0. The van der Waals surface area contributed by atoms with Crippen molar-refractivity contribution in [1.29, 1.82) is 0 Å². The van der Waals surface area contributed by atoms with Gasteiger partial charge in [-0.05, 0) is 42.0 Å². The van der Waals surface area contributed by atoms with E-state index in [4.69, 9.17) is 4.74 Å². The zero-order chi connectivity index (χ0) is 15.1. The van der Waals surface area contributed by atoms with Crippen molar-refractivity contribution < 1.29 is 14.6 Å². The number of methoxy groups -OCH3 is 1. The van der Waals surface area contributed by atoms with Crippen LogP contribution in [0, 0.1) is 0 Å². The molecule has 1 amide bonds. The Hall–Kier alpha value is -2.53. The van der Waals surface area contributed by atoms with Crippen LogP contribution in [0.25, 0.3) is 0 Å². The summed E-state index contributed by atoms with van der Waals surface area (Å²) < 4.78 is 5.05. The summed E-state index contributed by atoms with van der Waals surface area (Å²) in [6, 6.07) is 14.0. The quantitative estimate of drug-likeness (QED) is 0.761. The second kappa shape index (κ2) is 7.31. The van der Waals surface area contributed by atoms with Gasteiger partial charge in [0.25, 0.3) is 0 Å². The number of aromatic hydroxyl groups is 1. The standard InChI is InChI=1S/C16H18N2O3/c1-21-15-8-4-13(5-9-15)18-16(20)11-17-10-12-2-6-14(19)7-3-12/h2-9,17,19H,10-11H2,1H3,(H,18,20). The highest BCUT2D eigenvalue weighted by atomic mass is 16.5. The Kier molecular flexibility index (Phi) is 5.17. The molecule has 2 rings (SSSR count). The lowest BCUT2D eigenvalue weighted by atomic mass is 10.2. The number of rotatable bonds is 6. The van der Waals surface area contributed by atoms with Crippen LogP contribution in [0.5, 0.6) is 11.5 Å². The molecular formula is C16H18N2O3. The predicted molar refractivity (Wildman–Crippen MR) is 81.4 cm³/mol. The van der Waals surface area contributed by atoms with Crippen molar-refractivity contribution in [1.82, 2.24) is 5.32 Å². The van der Waals surface area contributed by atoms with Gasteiger partial charge in [-0.15, -0.1) is 0 Å². The normalized spacial score (nSPS) is 10.1. The summed E-state index contributed by atoms with van der Waals surface area (Å²) in [6.45, 7) is 0.781. The monoisotopic (exact) mass is 286 g/mol. The lowest BCUT2D eigenvalue weighted by Crippen LogP contribution is -2.27. The van der Waals surface area contributed by atoms with Gasteiger partial charge in [0.2, 0.25) is 5.91 Å². The van der Waals surface area contributed by atoms with Crippen molar-refractivity contribution in [3.63, 3.8) is 0 Å². The molecular weight excluding hydrogens is 268 g/mol. The molecule has 0 fully saturated rings. The topological polar surface area (TPSA) is 70.6 Å². The van der Waals surface area contributed by atoms with Crippen LogP contribution in [-0.2, 0) is 11.3 Å². The van der Waals surface area contributed by atoms with Gasteiger partial charge in [0.15, 0.2) is 0 Å².